The number of esters is 1. The molecular weight excluding hydrogens is 959 g/mol. The molecule has 0 spiro atoms. The number of aliphatic hydroxyl groups excluding tert-OH is 2. The van der Waals surface area contributed by atoms with E-state index in [4.69, 9.17) is 4.74 Å². The zero-order valence-electron chi connectivity index (χ0n) is 53.2. The second-order valence-electron chi connectivity index (χ2n) is 24.9. The summed E-state index contributed by atoms with van der Waals surface area (Å²) in [6, 6.07) is -0.624. The summed E-state index contributed by atoms with van der Waals surface area (Å²) < 4.78 is 5.48. The highest BCUT2D eigenvalue weighted by Gasteiger charge is 2.18. The molecule has 0 saturated carbocycles. The molecule has 0 aliphatic heterocycles. The van der Waals surface area contributed by atoms with E-state index in [9.17, 15) is 19.8 Å². The van der Waals surface area contributed by atoms with E-state index in [0.29, 0.717) is 19.4 Å². The average Bonchev–Trinajstić information content (AvgIpc) is 3.44. The Labute approximate surface area is 489 Å². The third kappa shape index (κ3) is 63.8. The minimum absolute atomic E-state index is 0.0215. The van der Waals surface area contributed by atoms with Crippen molar-refractivity contribution in [1.29, 1.82) is 0 Å². The van der Waals surface area contributed by atoms with Crippen LogP contribution in [0.2, 0.25) is 0 Å². The maximum absolute atomic E-state index is 12.5. The van der Waals surface area contributed by atoms with Crippen molar-refractivity contribution >= 4 is 11.9 Å². The Morgan fingerprint density at radius 2 is 0.590 bits per heavy atom. The Hall–Kier alpha value is -1.40. The molecule has 0 aromatic rings. The van der Waals surface area contributed by atoms with Crippen molar-refractivity contribution in [1.82, 2.24) is 5.32 Å². The summed E-state index contributed by atoms with van der Waals surface area (Å²) in [6.07, 6.45) is 84.5. The van der Waals surface area contributed by atoms with Crippen LogP contribution in [-0.4, -0.2) is 47.4 Å². The molecule has 0 rings (SSSR count). The number of carbonyl (C=O) groups excluding carboxylic acids is 2. The highest BCUT2D eigenvalue weighted by Crippen LogP contribution is 2.19. The lowest BCUT2D eigenvalue weighted by Crippen LogP contribution is -2.45. The summed E-state index contributed by atoms with van der Waals surface area (Å²) in [7, 11) is 0. The SMILES string of the molecule is CCCCCCCCCCCCCCCCCC/C=C/C(O)C(CO)NC(=O)CCCCCCCCCCCCCCCCCCCCCCCCCCCCCCCCCCOC(=O)CCCCCCCCCCCCC. The predicted molar refractivity (Wildman–Crippen MR) is 343 cm³/mol. The lowest BCUT2D eigenvalue weighted by Gasteiger charge is -2.20. The minimum Gasteiger partial charge on any atom is -0.466 e. The molecule has 0 aliphatic rings. The maximum Gasteiger partial charge on any atom is 0.305 e. The van der Waals surface area contributed by atoms with E-state index in [1.807, 2.05) is 6.08 Å². The van der Waals surface area contributed by atoms with Gasteiger partial charge in [-0.05, 0) is 32.1 Å². The minimum atomic E-state index is -0.841. The maximum atomic E-state index is 12.5. The predicted octanol–water partition coefficient (Wildman–Crippen LogP) is 23.1. The van der Waals surface area contributed by atoms with Gasteiger partial charge < -0.3 is 20.3 Å². The van der Waals surface area contributed by atoms with E-state index >= 15 is 0 Å². The van der Waals surface area contributed by atoms with E-state index in [0.717, 1.165) is 38.5 Å². The molecule has 0 saturated heterocycles. The Kier molecular flexibility index (Phi) is 66.9. The summed E-state index contributed by atoms with van der Waals surface area (Å²) in [5, 5.41) is 23.2. The van der Waals surface area contributed by atoms with Gasteiger partial charge in [-0.2, -0.15) is 0 Å². The number of hydrogen-bond donors (Lipinski definition) is 3. The van der Waals surface area contributed by atoms with Gasteiger partial charge in [0.2, 0.25) is 5.91 Å². The van der Waals surface area contributed by atoms with Crippen molar-refractivity contribution in [3.8, 4) is 0 Å². The number of hydrogen-bond acceptors (Lipinski definition) is 5. The molecule has 0 fully saturated rings. The molecule has 2 atom stereocenters. The van der Waals surface area contributed by atoms with Gasteiger partial charge in [0, 0.05) is 12.8 Å². The van der Waals surface area contributed by atoms with Crippen LogP contribution < -0.4 is 5.32 Å². The fraction of sp³-hybridized carbons (Fsp3) is 0.944. The van der Waals surface area contributed by atoms with Crippen LogP contribution in [0.25, 0.3) is 0 Å². The summed E-state index contributed by atoms with van der Waals surface area (Å²) in [5.41, 5.74) is 0. The standard InChI is InChI=1S/C72H141NO5/c1-3-5-7-9-11-13-15-16-17-18-35-38-41-45-48-52-56-60-64-70(75)69(68-74)73-71(76)65-61-57-53-49-46-42-39-36-33-31-29-27-25-23-21-19-20-22-24-26-28-30-32-34-37-40-43-47-51-55-59-63-67-78-72(77)66-62-58-54-50-44-14-12-10-8-6-4-2/h60,64,69-70,74-75H,3-59,61-63,65-68H2,1-2H3,(H,73,76)/b64-60+. The Balaban J connectivity index is 3.34. The number of allylic oxidation sites excluding steroid dienone is 1. The largest absolute Gasteiger partial charge is 0.466 e. The molecule has 0 aromatic carbocycles. The Bertz CT molecular complexity index is 1180. The quantitative estimate of drug-likeness (QED) is 0.0320. The third-order valence-electron chi connectivity index (χ3n) is 17.1. The molecular formula is C72H141NO5. The Morgan fingerprint density at radius 1 is 0.346 bits per heavy atom. The number of unbranched alkanes of at least 4 members (excludes halogenated alkanes) is 57. The molecule has 78 heavy (non-hydrogen) atoms. The van der Waals surface area contributed by atoms with E-state index < -0.39 is 12.1 Å². The second-order valence-corrected chi connectivity index (χ2v) is 24.9. The fourth-order valence-corrected chi connectivity index (χ4v) is 11.6. The Morgan fingerprint density at radius 3 is 0.872 bits per heavy atom. The molecule has 0 aliphatic carbocycles. The van der Waals surface area contributed by atoms with Crippen LogP contribution in [0, 0.1) is 0 Å². The summed E-state index contributed by atoms with van der Waals surface area (Å²) >= 11 is 0. The topological polar surface area (TPSA) is 95.9 Å². The van der Waals surface area contributed by atoms with Gasteiger partial charge in [-0.15, -0.1) is 0 Å². The second kappa shape index (κ2) is 68.1. The number of nitrogens with one attached hydrogen (secondary N) is 1. The molecule has 6 nitrogen and oxygen atoms in total. The van der Waals surface area contributed by atoms with Crippen molar-refractivity contribution in [2.45, 2.75) is 424 Å². The van der Waals surface area contributed by atoms with Gasteiger partial charge in [0.15, 0.2) is 0 Å². The van der Waals surface area contributed by atoms with Crippen LogP contribution in [0.3, 0.4) is 0 Å². The first kappa shape index (κ1) is 76.6. The van der Waals surface area contributed by atoms with E-state index in [1.165, 1.54) is 347 Å². The van der Waals surface area contributed by atoms with Gasteiger partial charge >= 0.3 is 5.97 Å². The van der Waals surface area contributed by atoms with E-state index in [-0.39, 0.29) is 18.5 Å². The first-order chi connectivity index (χ1) is 38.5. The van der Waals surface area contributed by atoms with Crippen molar-refractivity contribution < 1.29 is 24.5 Å². The fourth-order valence-electron chi connectivity index (χ4n) is 11.6. The lowest BCUT2D eigenvalue weighted by molar-refractivity contribution is -0.143. The van der Waals surface area contributed by atoms with E-state index in [2.05, 4.69) is 19.2 Å². The summed E-state index contributed by atoms with van der Waals surface area (Å²) in [4.78, 5) is 24.5. The molecule has 1 amide bonds. The zero-order valence-corrected chi connectivity index (χ0v) is 53.2. The molecule has 0 heterocycles. The number of aliphatic hydroxyl groups is 2. The van der Waals surface area contributed by atoms with Crippen LogP contribution in [0.5, 0.6) is 0 Å². The molecule has 3 N–H and O–H groups in total. The van der Waals surface area contributed by atoms with Gasteiger partial charge in [-0.3, -0.25) is 9.59 Å². The molecule has 2 unspecified atom stereocenters. The van der Waals surface area contributed by atoms with Crippen molar-refractivity contribution in [3.63, 3.8) is 0 Å². The normalized spacial score (nSPS) is 12.5. The number of ether oxygens (including phenoxy) is 1. The summed E-state index contributed by atoms with van der Waals surface area (Å²) in [6.45, 7) is 4.95. The summed E-state index contributed by atoms with van der Waals surface area (Å²) in [5.74, 6) is -0.0380. The molecule has 464 valence electrons. The van der Waals surface area contributed by atoms with Crippen LogP contribution in [0.1, 0.15) is 412 Å². The third-order valence-corrected chi connectivity index (χ3v) is 17.1. The molecule has 0 radical (unpaired) electrons. The smallest absolute Gasteiger partial charge is 0.305 e. The molecule has 6 heteroatoms. The van der Waals surface area contributed by atoms with Crippen LogP contribution in [0.15, 0.2) is 12.2 Å². The number of carbonyl (C=O) groups is 2. The van der Waals surface area contributed by atoms with Crippen LogP contribution in [0.4, 0.5) is 0 Å². The van der Waals surface area contributed by atoms with Gasteiger partial charge in [-0.25, -0.2) is 0 Å². The van der Waals surface area contributed by atoms with Crippen molar-refractivity contribution in [3.05, 3.63) is 12.2 Å². The first-order valence-corrected chi connectivity index (χ1v) is 36.0. The highest BCUT2D eigenvalue weighted by molar-refractivity contribution is 5.76. The lowest BCUT2D eigenvalue weighted by atomic mass is 10.0. The number of rotatable bonds is 68. The van der Waals surface area contributed by atoms with Gasteiger partial charge in [0.25, 0.3) is 0 Å². The molecule has 0 bridgehead atoms. The van der Waals surface area contributed by atoms with Crippen molar-refractivity contribution in [2.24, 2.45) is 0 Å². The van der Waals surface area contributed by atoms with Crippen molar-refractivity contribution in [2.75, 3.05) is 13.2 Å². The molecule has 0 aromatic heterocycles. The van der Waals surface area contributed by atoms with Crippen LogP contribution >= 0.6 is 0 Å². The van der Waals surface area contributed by atoms with E-state index in [1.54, 1.807) is 6.08 Å². The average molecular weight is 1100 g/mol. The monoisotopic (exact) mass is 1100 g/mol. The van der Waals surface area contributed by atoms with Gasteiger partial charge in [0.05, 0.1) is 25.4 Å². The number of amides is 1. The highest BCUT2D eigenvalue weighted by atomic mass is 16.5. The van der Waals surface area contributed by atoms with Gasteiger partial charge in [0.1, 0.15) is 0 Å². The van der Waals surface area contributed by atoms with Crippen LogP contribution in [-0.2, 0) is 14.3 Å². The first-order valence-electron chi connectivity index (χ1n) is 36.0. The zero-order chi connectivity index (χ0) is 56.4. The van der Waals surface area contributed by atoms with Gasteiger partial charge in [-0.1, -0.05) is 379 Å².